The number of hydrogen-bond donors (Lipinski definition) is 1. The highest BCUT2D eigenvalue weighted by Gasteiger charge is 2.44. The number of β-amino-alcohol motifs (C(OH)–C–C–N with tert-alkyl or cyclic N) is 1. The van der Waals surface area contributed by atoms with E-state index in [9.17, 15) is 5.11 Å². The zero-order valence-electron chi connectivity index (χ0n) is 31.6. The fourth-order valence-electron chi connectivity index (χ4n) is 10.3. The Balaban J connectivity index is 0.957. The Morgan fingerprint density at radius 1 is 0.698 bits per heavy atom. The van der Waals surface area contributed by atoms with Crippen LogP contribution in [0.2, 0.25) is 0 Å². The summed E-state index contributed by atoms with van der Waals surface area (Å²) in [6.45, 7) is 10.5. The van der Waals surface area contributed by atoms with Crippen LogP contribution in [-0.4, -0.2) is 49.3 Å². The standard InChI is InChI=1S/C49H54N2O2/c1-48(2)44-18-9-8-17-42(44)45-40-15-6-7-16-41(40)47-43(46(45)48)23-28-49(53-47,37-13-4-3-5-14-37)38-19-21-39(22-20-38)51-31-26-36(27-32-51)12-10-11-35-24-29-50(30-25-35)33-34-52/h3-9,13-23,28,35-36,52H,10-12,24-27,29-34H2,1-2H3. The van der Waals surface area contributed by atoms with Crippen molar-refractivity contribution in [2.24, 2.45) is 11.8 Å². The van der Waals surface area contributed by atoms with Gasteiger partial charge in [0.15, 0.2) is 5.60 Å². The topological polar surface area (TPSA) is 35.9 Å². The van der Waals surface area contributed by atoms with Crippen molar-refractivity contribution >= 4 is 22.5 Å². The van der Waals surface area contributed by atoms with Gasteiger partial charge in [0.2, 0.25) is 0 Å². The van der Waals surface area contributed by atoms with Crippen LogP contribution in [0.15, 0.2) is 109 Å². The highest BCUT2D eigenvalue weighted by molar-refractivity contribution is 6.08. The lowest BCUT2D eigenvalue weighted by atomic mass is 9.77. The van der Waals surface area contributed by atoms with E-state index in [1.807, 2.05) is 0 Å². The van der Waals surface area contributed by atoms with Gasteiger partial charge in [0.25, 0.3) is 0 Å². The number of piperidine rings is 2. The third-order valence-corrected chi connectivity index (χ3v) is 13.3. The molecule has 5 aromatic carbocycles. The number of likely N-dealkylation sites (tertiary alicyclic amines) is 1. The van der Waals surface area contributed by atoms with Gasteiger partial charge in [-0.2, -0.15) is 0 Å². The molecule has 3 heterocycles. The molecule has 1 aliphatic carbocycles. The van der Waals surface area contributed by atoms with E-state index >= 15 is 0 Å². The van der Waals surface area contributed by atoms with Crippen molar-refractivity contribution in [2.45, 2.75) is 69.8 Å². The lowest BCUT2D eigenvalue weighted by Gasteiger charge is -2.39. The molecule has 4 heteroatoms. The maximum atomic E-state index is 9.25. The van der Waals surface area contributed by atoms with Gasteiger partial charge in [-0.25, -0.2) is 0 Å². The number of benzene rings is 5. The molecule has 4 aliphatic rings. The first-order valence-electron chi connectivity index (χ1n) is 20.3. The van der Waals surface area contributed by atoms with Gasteiger partial charge < -0.3 is 19.6 Å². The molecule has 0 bridgehead atoms. The Morgan fingerprint density at radius 2 is 1.32 bits per heavy atom. The molecule has 53 heavy (non-hydrogen) atoms. The lowest BCUT2D eigenvalue weighted by Crippen LogP contribution is -2.36. The molecule has 272 valence electrons. The summed E-state index contributed by atoms with van der Waals surface area (Å²) in [4.78, 5) is 5.01. The third kappa shape index (κ3) is 6.09. The van der Waals surface area contributed by atoms with E-state index < -0.39 is 5.60 Å². The summed E-state index contributed by atoms with van der Waals surface area (Å²) in [7, 11) is 0. The smallest absolute Gasteiger partial charge is 0.178 e. The van der Waals surface area contributed by atoms with Crippen LogP contribution in [0.25, 0.3) is 28.0 Å². The summed E-state index contributed by atoms with van der Waals surface area (Å²) in [5.41, 5.74) is 9.35. The molecular formula is C49H54N2O2. The average Bonchev–Trinajstić information content (AvgIpc) is 3.46. The summed E-state index contributed by atoms with van der Waals surface area (Å²) in [6, 6.07) is 37.8. The van der Waals surface area contributed by atoms with Crippen LogP contribution in [-0.2, 0) is 11.0 Å². The summed E-state index contributed by atoms with van der Waals surface area (Å²) < 4.78 is 7.51. The SMILES string of the molecule is CC1(C)c2ccccc2-c2c1c1c(c3ccccc23)OC(c2ccccc2)(c2ccc(N3CCC(CCCC4CCN(CCO)CC4)CC3)cc2)C=C1. The van der Waals surface area contributed by atoms with Crippen LogP contribution in [0.3, 0.4) is 0 Å². The minimum Gasteiger partial charge on any atom is -0.472 e. The molecule has 3 aliphatic heterocycles. The zero-order valence-corrected chi connectivity index (χ0v) is 31.6. The molecule has 1 N–H and O–H groups in total. The van der Waals surface area contributed by atoms with Crippen LogP contribution in [0.1, 0.15) is 86.6 Å². The van der Waals surface area contributed by atoms with Crippen LogP contribution in [0.4, 0.5) is 5.69 Å². The Morgan fingerprint density at radius 3 is 2.04 bits per heavy atom. The average molecular weight is 703 g/mol. The Labute approximate surface area is 316 Å². The molecule has 0 aromatic heterocycles. The van der Waals surface area contributed by atoms with Gasteiger partial charge in [-0.15, -0.1) is 0 Å². The van der Waals surface area contributed by atoms with Crippen molar-refractivity contribution in [3.8, 4) is 16.9 Å². The second-order valence-corrected chi connectivity index (χ2v) is 16.7. The van der Waals surface area contributed by atoms with E-state index in [0.717, 1.165) is 61.4 Å². The summed E-state index contributed by atoms with van der Waals surface area (Å²) in [5, 5.41) is 11.7. The summed E-state index contributed by atoms with van der Waals surface area (Å²) >= 11 is 0. The molecule has 2 fully saturated rings. The minimum absolute atomic E-state index is 0.144. The van der Waals surface area contributed by atoms with E-state index in [-0.39, 0.29) is 12.0 Å². The van der Waals surface area contributed by atoms with Gasteiger partial charge >= 0.3 is 0 Å². The normalized spacial score (nSPS) is 21.3. The molecule has 1 unspecified atom stereocenters. The molecule has 0 saturated carbocycles. The van der Waals surface area contributed by atoms with Crippen LogP contribution < -0.4 is 9.64 Å². The fourth-order valence-corrected chi connectivity index (χ4v) is 10.3. The maximum absolute atomic E-state index is 9.25. The zero-order chi connectivity index (χ0) is 36.0. The number of ether oxygens (including phenoxy) is 1. The van der Waals surface area contributed by atoms with E-state index in [4.69, 9.17) is 4.74 Å². The van der Waals surface area contributed by atoms with Crippen molar-refractivity contribution in [1.29, 1.82) is 0 Å². The predicted octanol–water partition coefficient (Wildman–Crippen LogP) is 10.6. The monoisotopic (exact) mass is 702 g/mol. The number of anilines is 1. The van der Waals surface area contributed by atoms with Crippen molar-refractivity contribution in [3.05, 3.63) is 137 Å². The van der Waals surface area contributed by atoms with Crippen molar-refractivity contribution in [1.82, 2.24) is 4.90 Å². The number of nitrogens with zero attached hydrogens (tertiary/aromatic N) is 2. The number of aliphatic hydroxyl groups excluding tert-OH is 1. The first-order chi connectivity index (χ1) is 26.0. The molecule has 9 rings (SSSR count). The van der Waals surface area contributed by atoms with Gasteiger partial charge in [-0.05, 0) is 96.5 Å². The second-order valence-electron chi connectivity index (χ2n) is 16.7. The van der Waals surface area contributed by atoms with Crippen molar-refractivity contribution in [3.63, 3.8) is 0 Å². The Bertz CT molecular complexity index is 2100. The van der Waals surface area contributed by atoms with E-state index in [2.05, 4.69) is 139 Å². The number of aliphatic hydroxyl groups is 1. The predicted molar refractivity (Wildman–Crippen MR) is 220 cm³/mol. The number of hydrogen-bond acceptors (Lipinski definition) is 4. The highest BCUT2D eigenvalue weighted by atomic mass is 16.5. The van der Waals surface area contributed by atoms with E-state index in [0.29, 0.717) is 0 Å². The Kier molecular flexibility index (Phi) is 9.16. The third-order valence-electron chi connectivity index (χ3n) is 13.3. The Hall–Kier alpha value is -4.38. The maximum Gasteiger partial charge on any atom is 0.178 e. The van der Waals surface area contributed by atoms with Gasteiger partial charge in [0.1, 0.15) is 5.75 Å². The highest BCUT2D eigenvalue weighted by Crippen LogP contribution is 2.58. The van der Waals surface area contributed by atoms with Gasteiger partial charge in [0, 0.05) is 52.8 Å². The molecule has 2 saturated heterocycles. The van der Waals surface area contributed by atoms with Gasteiger partial charge in [-0.3, -0.25) is 0 Å². The van der Waals surface area contributed by atoms with Crippen molar-refractivity contribution < 1.29 is 9.84 Å². The molecule has 1 atom stereocenters. The van der Waals surface area contributed by atoms with Crippen LogP contribution in [0.5, 0.6) is 5.75 Å². The number of rotatable bonds is 9. The molecular weight excluding hydrogens is 649 g/mol. The number of fused-ring (bicyclic) bond motifs is 8. The molecule has 4 nitrogen and oxygen atoms in total. The van der Waals surface area contributed by atoms with Crippen molar-refractivity contribution in [2.75, 3.05) is 44.2 Å². The largest absolute Gasteiger partial charge is 0.472 e. The first kappa shape index (κ1) is 34.4. The summed E-state index contributed by atoms with van der Waals surface area (Å²) in [6.07, 6.45) is 14.0. The van der Waals surface area contributed by atoms with Gasteiger partial charge in [-0.1, -0.05) is 130 Å². The van der Waals surface area contributed by atoms with Crippen LogP contribution in [0, 0.1) is 11.8 Å². The van der Waals surface area contributed by atoms with Gasteiger partial charge in [0.05, 0.1) is 6.61 Å². The van der Waals surface area contributed by atoms with E-state index in [1.165, 1.54) is 89.2 Å². The molecule has 0 spiro atoms. The van der Waals surface area contributed by atoms with E-state index in [1.54, 1.807) is 0 Å². The lowest BCUT2D eigenvalue weighted by molar-refractivity contribution is 0.142. The quantitative estimate of drug-likeness (QED) is 0.166. The first-order valence-corrected chi connectivity index (χ1v) is 20.3. The molecule has 5 aromatic rings. The second kappa shape index (κ2) is 14.1. The van der Waals surface area contributed by atoms with Crippen LogP contribution >= 0.6 is 0 Å². The molecule has 0 radical (unpaired) electrons. The minimum atomic E-state index is -0.748. The fraction of sp³-hybridized carbons (Fsp3) is 0.388. The summed E-state index contributed by atoms with van der Waals surface area (Å²) in [5.74, 6) is 2.70. The molecule has 0 amide bonds.